The molecule has 4 rings (SSSR count). The molecule has 0 spiro atoms. The van der Waals surface area contributed by atoms with Crippen LogP contribution in [-0.2, 0) is 16.0 Å². The van der Waals surface area contributed by atoms with Crippen LogP contribution < -0.4 is 4.90 Å². The van der Waals surface area contributed by atoms with Crippen molar-refractivity contribution >= 4 is 17.6 Å². The summed E-state index contributed by atoms with van der Waals surface area (Å²) >= 11 is 0. The number of amides is 1. The minimum Gasteiger partial charge on any atom is -0.462 e. The first-order valence-electron chi connectivity index (χ1n) is 10.1. The Bertz CT molecular complexity index is 907. The fourth-order valence-corrected chi connectivity index (χ4v) is 4.11. The summed E-state index contributed by atoms with van der Waals surface area (Å²) in [6.07, 6.45) is 0. The number of nitrogens with zero attached hydrogens (tertiary/aromatic N) is 2. The standard InChI is InChI=1S/C23H26N2O4/c1-3-29-23(27)21-19(24-11-13-28-14-12-24)10-9-18-15-25(22(26)20(18)21)16(2)17-7-5-4-6-8-17/h4-10,16H,3,11-15H2,1-2H3/t16-/m0/s1. The van der Waals surface area contributed by atoms with E-state index in [-0.39, 0.29) is 18.6 Å². The molecule has 2 aromatic carbocycles. The summed E-state index contributed by atoms with van der Waals surface area (Å²) in [6, 6.07) is 13.8. The zero-order chi connectivity index (χ0) is 20.4. The Kier molecular flexibility index (Phi) is 5.53. The fourth-order valence-electron chi connectivity index (χ4n) is 4.11. The first kappa shape index (κ1) is 19.5. The second kappa shape index (κ2) is 8.25. The summed E-state index contributed by atoms with van der Waals surface area (Å²) in [6.45, 7) is 7.12. The number of esters is 1. The number of benzene rings is 2. The highest BCUT2D eigenvalue weighted by Gasteiger charge is 2.37. The van der Waals surface area contributed by atoms with E-state index in [0.717, 1.165) is 16.8 Å². The molecule has 2 aliphatic rings. The average Bonchev–Trinajstić information content (AvgIpc) is 3.10. The van der Waals surface area contributed by atoms with E-state index in [1.807, 2.05) is 54.3 Å². The van der Waals surface area contributed by atoms with Crippen LogP contribution >= 0.6 is 0 Å². The molecule has 0 saturated carbocycles. The Balaban J connectivity index is 1.74. The van der Waals surface area contributed by atoms with Crippen molar-refractivity contribution < 1.29 is 19.1 Å². The van der Waals surface area contributed by atoms with E-state index in [0.29, 0.717) is 44.0 Å². The van der Waals surface area contributed by atoms with Crippen molar-refractivity contribution in [3.63, 3.8) is 0 Å². The fraction of sp³-hybridized carbons (Fsp3) is 0.391. The van der Waals surface area contributed by atoms with E-state index in [2.05, 4.69) is 4.90 Å². The third kappa shape index (κ3) is 3.60. The number of hydrogen-bond donors (Lipinski definition) is 0. The number of anilines is 1. The summed E-state index contributed by atoms with van der Waals surface area (Å²) in [5.74, 6) is -0.553. The Labute approximate surface area is 171 Å². The van der Waals surface area contributed by atoms with Gasteiger partial charge < -0.3 is 19.3 Å². The van der Waals surface area contributed by atoms with Gasteiger partial charge in [-0.25, -0.2) is 4.79 Å². The lowest BCUT2D eigenvalue weighted by molar-refractivity contribution is 0.0519. The number of fused-ring (bicyclic) bond motifs is 1. The van der Waals surface area contributed by atoms with Crippen molar-refractivity contribution in [2.24, 2.45) is 0 Å². The van der Waals surface area contributed by atoms with Crippen LogP contribution in [0.1, 0.15) is 51.7 Å². The Hall–Kier alpha value is -2.86. The first-order valence-corrected chi connectivity index (χ1v) is 10.1. The van der Waals surface area contributed by atoms with Gasteiger partial charge in [0.25, 0.3) is 5.91 Å². The molecule has 152 valence electrons. The minimum atomic E-state index is -0.437. The molecule has 1 fully saturated rings. The molecule has 0 radical (unpaired) electrons. The maximum Gasteiger partial charge on any atom is 0.341 e. The van der Waals surface area contributed by atoms with Gasteiger partial charge in [-0.05, 0) is 31.0 Å². The van der Waals surface area contributed by atoms with Gasteiger partial charge in [-0.1, -0.05) is 36.4 Å². The molecule has 2 aromatic rings. The molecule has 6 heteroatoms. The van der Waals surface area contributed by atoms with E-state index in [1.165, 1.54) is 0 Å². The van der Waals surface area contributed by atoms with Crippen molar-refractivity contribution in [1.82, 2.24) is 4.90 Å². The van der Waals surface area contributed by atoms with Crippen molar-refractivity contribution in [2.75, 3.05) is 37.8 Å². The molecule has 29 heavy (non-hydrogen) atoms. The zero-order valence-electron chi connectivity index (χ0n) is 16.9. The van der Waals surface area contributed by atoms with Crippen LogP contribution in [0.15, 0.2) is 42.5 Å². The normalized spacial score (nSPS) is 17.2. The summed E-state index contributed by atoms with van der Waals surface area (Å²) in [5, 5.41) is 0. The first-order chi connectivity index (χ1) is 14.1. The van der Waals surface area contributed by atoms with Crippen LogP contribution in [0, 0.1) is 0 Å². The van der Waals surface area contributed by atoms with Gasteiger partial charge in [0.15, 0.2) is 0 Å². The van der Waals surface area contributed by atoms with E-state index < -0.39 is 5.97 Å². The molecular formula is C23H26N2O4. The van der Waals surface area contributed by atoms with Gasteiger partial charge in [-0.2, -0.15) is 0 Å². The maximum atomic E-state index is 13.5. The highest BCUT2D eigenvalue weighted by Crippen LogP contribution is 2.37. The van der Waals surface area contributed by atoms with Crippen LogP contribution in [0.3, 0.4) is 0 Å². The third-order valence-electron chi connectivity index (χ3n) is 5.67. The van der Waals surface area contributed by atoms with Gasteiger partial charge in [0, 0.05) is 19.6 Å². The summed E-state index contributed by atoms with van der Waals surface area (Å²) < 4.78 is 10.8. The van der Waals surface area contributed by atoms with Crippen molar-refractivity contribution in [3.05, 3.63) is 64.7 Å². The SMILES string of the molecule is CCOC(=O)c1c(N2CCOCC2)ccc2c1C(=O)N([C@@H](C)c1ccccc1)C2. The van der Waals surface area contributed by atoms with Gasteiger partial charge in [0.2, 0.25) is 0 Å². The average molecular weight is 394 g/mol. The molecule has 0 N–H and O–H groups in total. The minimum absolute atomic E-state index is 0.0852. The highest BCUT2D eigenvalue weighted by atomic mass is 16.5. The topological polar surface area (TPSA) is 59.1 Å². The molecular weight excluding hydrogens is 368 g/mol. The molecule has 1 saturated heterocycles. The number of hydrogen-bond acceptors (Lipinski definition) is 5. The molecule has 0 aliphatic carbocycles. The predicted molar refractivity (Wildman–Crippen MR) is 110 cm³/mol. The Morgan fingerprint density at radius 3 is 2.55 bits per heavy atom. The summed E-state index contributed by atoms with van der Waals surface area (Å²) in [7, 11) is 0. The van der Waals surface area contributed by atoms with E-state index >= 15 is 0 Å². The van der Waals surface area contributed by atoms with E-state index in [1.54, 1.807) is 6.92 Å². The molecule has 0 unspecified atom stereocenters. The Morgan fingerprint density at radius 1 is 1.14 bits per heavy atom. The molecule has 1 amide bonds. The molecule has 2 heterocycles. The van der Waals surface area contributed by atoms with Crippen LogP contribution in [0.4, 0.5) is 5.69 Å². The maximum absolute atomic E-state index is 13.5. The second-order valence-corrected chi connectivity index (χ2v) is 7.33. The monoisotopic (exact) mass is 394 g/mol. The van der Waals surface area contributed by atoms with Gasteiger partial charge in [-0.3, -0.25) is 4.79 Å². The lowest BCUT2D eigenvalue weighted by Gasteiger charge is -2.30. The number of morpholine rings is 1. The van der Waals surface area contributed by atoms with E-state index in [9.17, 15) is 9.59 Å². The molecule has 0 aromatic heterocycles. The van der Waals surface area contributed by atoms with Crippen molar-refractivity contribution in [1.29, 1.82) is 0 Å². The van der Waals surface area contributed by atoms with Gasteiger partial charge in [-0.15, -0.1) is 0 Å². The number of carbonyl (C=O) groups excluding carboxylic acids is 2. The number of carbonyl (C=O) groups is 2. The molecule has 1 atom stereocenters. The van der Waals surface area contributed by atoms with Gasteiger partial charge in [0.1, 0.15) is 0 Å². The lowest BCUT2D eigenvalue weighted by Crippen LogP contribution is -2.37. The second-order valence-electron chi connectivity index (χ2n) is 7.33. The highest BCUT2D eigenvalue weighted by molar-refractivity contribution is 6.11. The van der Waals surface area contributed by atoms with Crippen LogP contribution in [0.5, 0.6) is 0 Å². The van der Waals surface area contributed by atoms with Crippen LogP contribution in [0.25, 0.3) is 0 Å². The van der Waals surface area contributed by atoms with Crippen molar-refractivity contribution in [3.8, 4) is 0 Å². The molecule has 6 nitrogen and oxygen atoms in total. The van der Waals surface area contributed by atoms with Gasteiger partial charge >= 0.3 is 5.97 Å². The van der Waals surface area contributed by atoms with Crippen LogP contribution in [0.2, 0.25) is 0 Å². The van der Waals surface area contributed by atoms with Gasteiger partial charge in [0.05, 0.1) is 42.7 Å². The quantitative estimate of drug-likeness (QED) is 0.728. The predicted octanol–water partition coefficient (Wildman–Crippen LogP) is 3.42. The molecule has 0 bridgehead atoms. The molecule has 2 aliphatic heterocycles. The summed E-state index contributed by atoms with van der Waals surface area (Å²) in [5.41, 5.74) is 3.57. The third-order valence-corrected chi connectivity index (χ3v) is 5.67. The number of ether oxygens (including phenoxy) is 2. The van der Waals surface area contributed by atoms with Crippen molar-refractivity contribution in [2.45, 2.75) is 26.4 Å². The largest absolute Gasteiger partial charge is 0.462 e. The summed E-state index contributed by atoms with van der Waals surface area (Å²) in [4.78, 5) is 30.3. The van der Waals surface area contributed by atoms with Crippen LogP contribution in [-0.4, -0.2) is 49.7 Å². The Morgan fingerprint density at radius 2 is 1.86 bits per heavy atom. The zero-order valence-corrected chi connectivity index (χ0v) is 16.9. The lowest BCUT2D eigenvalue weighted by atomic mass is 9.99. The smallest absolute Gasteiger partial charge is 0.341 e. The van der Waals surface area contributed by atoms with E-state index in [4.69, 9.17) is 9.47 Å². The number of rotatable bonds is 5.